The second-order valence-corrected chi connectivity index (χ2v) is 4.98. The van der Waals surface area contributed by atoms with Crippen LogP contribution in [0.25, 0.3) is 0 Å². The second-order valence-electron chi connectivity index (χ2n) is 4.26. The van der Waals surface area contributed by atoms with E-state index in [-0.39, 0.29) is 5.92 Å². The molecule has 2 rings (SSSR count). The van der Waals surface area contributed by atoms with Gasteiger partial charge in [0.05, 0.1) is 17.1 Å². The van der Waals surface area contributed by atoms with Crippen molar-refractivity contribution in [2.45, 2.75) is 38.3 Å². The number of carboxylic acid groups (broad SMARTS) is 1. The summed E-state index contributed by atoms with van der Waals surface area (Å²) in [5.74, 6) is -0.818. The van der Waals surface area contributed by atoms with Crippen molar-refractivity contribution < 1.29 is 9.90 Å². The van der Waals surface area contributed by atoms with Gasteiger partial charge in [0.2, 0.25) is 0 Å². The first-order valence-corrected chi connectivity index (χ1v) is 6.53. The van der Waals surface area contributed by atoms with Gasteiger partial charge in [-0.25, -0.2) is 4.98 Å². The maximum absolute atomic E-state index is 10.9. The summed E-state index contributed by atoms with van der Waals surface area (Å²) in [4.78, 5) is 15.1. The van der Waals surface area contributed by atoms with E-state index in [1.165, 1.54) is 0 Å². The third kappa shape index (κ3) is 3.02. The molecule has 0 aliphatic heterocycles. The molecule has 1 aromatic heterocycles. The van der Waals surface area contributed by atoms with Crippen LogP contribution in [0.2, 0.25) is 0 Å². The number of nitrogens with zero attached hydrogens (tertiary/aromatic N) is 1. The van der Waals surface area contributed by atoms with Crippen LogP contribution in [-0.4, -0.2) is 22.1 Å². The molecule has 0 spiro atoms. The smallest absolute Gasteiger partial charge is 0.306 e. The Morgan fingerprint density at radius 3 is 3.19 bits per heavy atom. The molecule has 1 aliphatic carbocycles. The van der Waals surface area contributed by atoms with Crippen molar-refractivity contribution >= 4 is 17.3 Å². The monoisotopic (exact) mass is 240 g/mol. The zero-order valence-electron chi connectivity index (χ0n) is 9.06. The van der Waals surface area contributed by atoms with Gasteiger partial charge in [0.1, 0.15) is 0 Å². The summed E-state index contributed by atoms with van der Waals surface area (Å²) in [7, 11) is 0. The fourth-order valence-corrected chi connectivity index (χ4v) is 2.73. The zero-order chi connectivity index (χ0) is 11.4. The van der Waals surface area contributed by atoms with Crippen molar-refractivity contribution in [1.82, 2.24) is 10.3 Å². The van der Waals surface area contributed by atoms with Crippen LogP contribution < -0.4 is 5.32 Å². The SMILES string of the molecule is O=C(O)C1CCCC(NCc2cscn2)C1. The van der Waals surface area contributed by atoms with Crippen molar-refractivity contribution in [3.05, 3.63) is 16.6 Å². The van der Waals surface area contributed by atoms with Gasteiger partial charge < -0.3 is 10.4 Å². The summed E-state index contributed by atoms with van der Waals surface area (Å²) in [6, 6.07) is 0.330. The first kappa shape index (κ1) is 11.5. The average molecular weight is 240 g/mol. The summed E-state index contributed by atoms with van der Waals surface area (Å²) >= 11 is 1.59. The number of aromatic nitrogens is 1. The highest BCUT2D eigenvalue weighted by Crippen LogP contribution is 2.24. The molecule has 1 heterocycles. The second kappa shape index (κ2) is 5.41. The predicted octanol–water partition coefficient (Wildman–Crippen LogP) is 1.88. The molecule has 88 valence electrons. The molecule has 4 nitrogen and oxygen atoms in total. The lowest BCUT2D eigenvalue weighted by Crippen LogP contribution is -2.36. The molecule has 0 bridgehead atoms. The van der Waals surface area contributed by atoms with E-state index < -0.39 is 5.97 Å². The summed E-state index contributed by atoms with van der Waals surface area (Å²) < 4.78 is 0. The molecule has 16 heavy (non-hydrogen) atoms. The molecule has 1 saturated carbocycles. The van der Waals surface area contributed by atoms with Gasteiger partial charge >= 0.3 is 5.97 Å². The van der Waals surface area contributed by atoms with Crippen molar-refractivity contribution in [1.29, 1.82) is 0 Å². The third-order valence-corrected chi connectivity index (χ3v) is 3.71. The van der Waals surface area contributed by atoms with Crippen LogP contribution >= 0.6 is 11.3 Å². The molecular formula is C11H16N2O2S. The van der Waals surface area contributed by atoms with Gasteiger partial charge in [0, 0.05) is 18.0 Å². The number of thiazole rings is 1. The van der Waals surface area contributed by atoms with Gasteiger partial charge in [-0.05, 0) is 19.3 Å². The maximum atomic E-state index is 10.9. The number of hydrogen-bond acceptors (Lipinski definition) is 4. The topological polar surface area (TPSA) is 62.2 Å². The molecule has 5 heteroatoms. The molecule has 2 atom stereocenters. The minimum atomic E-state index is -0.653. The number of carbonyl (C=O) groups is 1. The van der Waals surface area contributed by atoms with E-state index in [0.717, 1.165) is 37.9 Å². The van der Waals surface area contributed by atoms with Gasteiger partial charge in [-0.2, -0.15) is 0 Å². The van der Waals surface area contributed by atoms with E-state index in [2.05, 4.69) is 10.3 Å². The first-order valence-electron chi connectivity index (χ1n) is 5.59. The molecule has 2 N–H and O–H groups in total. The molecule has 1 aliphatic rings. The summed E-state index contributed by atoms with van der Waals surface area (Å²) in [5.41, 5.74) is 2.86. The molecule has 1 fully saturated rings. The van der Waals surface area contributed by atoms with Crippen LogP contribution in [0.15, 0.2) is 10.9 Å². The average Bonchev–Trinajstić information content (AvgIpc) is 2.79. The van der Waals surface area contributed by atoms with E-state index in [9.17, 15) is 4.79 Å². The van der Waals surface area contributed by atoms with Crippen LogP contribution in [0, 0.1) is 5.92 Å². The summed E-state index contributed by atoms with van der Waals surface area (Å²) in [5, 5.41) is 14.4. The molecular weight excluding hydrogens is 224 g/mol. The van der Waals surface area contributed by atoms with E-state index >= 15 is 0 Å². The van der Waals surface area contributed by atoms with Crippen molar-refractivity contribution in [3.8, 4) is 0 Å². The van der Waals surface area contributed by atoms with Crippen LogP contribution in [0.1, 0.15) is 31.4 Å². The third-order valence-electron chi connectivity index (χ3n) is 3.08. The lowest BCUT2D eigenvalue weighted by Gasteiger charge is -2.27. The Hall–Kier alpha value is -0.940. The van der Waals surface area contributed by atoms with E-state index in [0.29, 0.717) is 6.04 Å². The van der Waals surface area contributed by atoms with Crippen molar-refractivity contribution in [2.75, 3.05) is 0 Å². The van der Waals surface area contributed by atoms with E-state index in [1.54, 1.807) is 11.3 Å². The normalized spacial score (nSPS) is 25.5. The van der Waals surface area contributed by atoms with Gasteiger partial charge in [0.15, 0.2) is 0 Å². The maximum Gasteiger partial charge on any atom is 0.306 e. The van der Waals surface area contributed by atoms with Gasteiger partial charge in [-0.15, -0.1) is 11.3 Å². The molecule has 0 aromatic carbocycles. The Morgan fingerprint density at radius 1 is 1.62 bits per heavy atom. The number of rotatable bonds is 4. The van der Waals surface area contributed by atoms with Gasteiger partial charge in [0.25, 0.3) is 0 Å². The molecule has 0 saturated heterocycles. The quantitative estimate of drug-likeness (QED) is 0.843. The van der Waals surface area contributed by atoms with E-state index in [1.807, 2.05) is 10.9 Å². The minimum Gasteiger partial charge on any atom is -0.481 e. The fourth-order valence-electron chi connectivity index (χ4n) is 2.17. The fraction of sp³-hybridized carbons (Fsp3) is 0.636. The Labute approximate surface area is 98.7 Å². The zero-order valence-corrected chi connectivity index (χ0v) is 9.87. The first-order chi connectivity index (χ1) is 7.75. The predicted molar refractivity (Wildman–Crippen MR) is 62.3 cm³/mol. The molecule has 0 radical (unpaired) electrons. The highest BCUT2D eigenvalue weighted by atomic mass is 32.1. The largest absolute Gasteiger partial charge is 0.481 e. The van der Waals surface area contributed by atoms with Crippen LogP contribution in [0.5, 0.6) is 0 Å². The Morgan fingerprint density at radius 2 is 2.50 bits per heavy atom. The lowest BCUT2D eigenvalue weighted by molar-refractivity contribution is -0.143. The summed E-state index contributed by atoms with van der Waals surface area (Å²) in [6.07, 6.45) is 3.66. The van der Waals surface area contributed by atoms with Crippen LogP contribution in [-0.2, 0) is 11.3 Å². The molecule has 0 amide bonds. The number of aliphatic carboxylic acids is 1. The van der Waals surface area contributed by atoms with Crippen molar-refractivity contribution in [2.24, 2.45) is 5.92 Å². The van der Waals surface area contributed by atoms with Crippen LogP contribution in [0.3, 0.4) is 0 Å². The van der Waals surface area contributed by atoms with E-state index in [4.69, 9.17) is 5.11 Å². The van der Waals surface area contributed by atoms with Gasteiger partial charge in [-0.1, -0.05) is 6.42 Å². The Kier molecular flexibility index (Phi) is 3.90. The van der Waals surface area contributed by atoms with Gasteiger partial charge in [-0.3, -0.25) is 4.79 Å². The minimum absolute atomic E-state index is 0.165. The standard InChI is InChI=1S/C11H16N2O2S/c14-11(15)8-2-1-3-9(4-8)12-5-10-6-16-7-13-10/h6-9,12H,1-5H2,(H,14,15). The highest BCUT2D eigenvalue weighted by molar-refractivity contribution is 7.07. The number of hydrogen-bond donors (Lipinski definition) is 2. The molecule has 2 unspecified atom stereocenters. The van der Waals surface area contributed by atoms with Crippen molar-refractivity contribution in [3.63, 3.8) is 0 Å². The Balaban J connectivity index is 1.79. The van der Waals surface area contributed by atoms with Crippen LogP contribution in [0.4, 0.5) is 0 Å². The number of nitrogens with one attached hydrogen (secondary N) is 1. The molecule has 1 aromatic rings. The lowest BCUT2D eigenvalue weighted by atomic mass is 9.86. The highest BCUT2D eigenvalue weighted by Gasteiger charge is 2.26. The Bertz CT molecular complexity index is 340. The summed E-state index contributed by atoms with van der Waals surface area (Å²) in [6.45, 7) is 0.751. The number of carboxylic acids is 1.